The van der Waals surface area contributed by atoms with Crippen molar-refractivity contribution < 1.29 is 0 Å². The Labute approximate surface area is 194 Å². The van der Waals surface area contributed by atoms with Crippen molar-refractivity contribution in [3.8, 4) is 0 Å². The molecule has 0 aliphatic heterocycles. The van der Waals surface area contributed by atoms with E-state index in [0.29, 0.717) is 5.95 Å². The quantitative estimate of drug-likeness (QED) is 0.400. The number of pyridine rings is 2. The molecule has 168 valence electrons. The van der Waals surface area contributed by atoms with E-state index in [1.807, 2.05) is 42.0 Å². The number of aryl methyl sites for hydroxylation is 1. The SMILES string of the molecule is C=C(c1ccn2ncc(C(=C)Nc3cccnc3)c2c1)c1cnc(NCC(C)(C)C)nc1C. The molecular formula is C26H29N7. The molecule has 4 aromatic heterocycles. The maximum Gasteiger partial charge on any atom is 0.222 e. The van der Waals surface area contributed by atoms with Gasteiger partial charge in [-0.15, -0.1) is 0 Å². The van der Waals surface area contributed by atoms with Crippen molar-refractivity contribution in [3.63, 3.8) is 0 Å². The summed E-state index contributed by atoms with van der Waals surface area (Å²) >= 11 is 0. The van der Waals surface area contributed by atoms with E-state index in [9.17, 15) is 0 Å². The van der Waals surface area contributed by atoms with E-state index in [1.54, 1.807) is 18.6 Å². The van der Waals surface area contributed by atoms with Crippen LogP contribution in [0.15, 0.2) is 68.4 Å². The van der Waals surface area contributed by atoms with Crippen LogP contribution in [-0.4, -0.2) is 31.1 Å². The van der Waals surface area contributed by atoms with Gasteiger partial charge in [-0.3, -0.25) is 4.98 Å². The first-order valence-corrected chi connectivity index (χ1v) is 10.8. The summed E-state index contributed by atoms with van der Waals surface area (Å²) in [6.07, 6.45) is 9.05. The van der Waals surface area contributed by atoms with E-state index in [-0.39, 0.29) is 5.41 Å². The van der Waals surface area contributed by atoms with Gasteiger partial charge in [-0.2, -0.15) is 5.10 Å². The molecule has 2 N–H and O–H groups in total. The van der Waals surface area contributed by atoms with E-state index >= 15 is 0 Å². The molecule has 4 rings (SSSR count). The van der Waals surface area contributed by atoms with Gasteiger partial charge in [0.2, 0.25) is 5.95 Å². The van der Waals surface area contributed by atoms with Gasteiger partial charge in [0, 0.05) is 42.0 Å². The van der Waals surface area contributed by atoms with Crippen LogP contribution in [-0.2, 0) is 0 Å². The van der Waals surface area contributed by atoms with Crippen molar-refractivity contribution in [2.24, 2.45) is 5.41 Å². The minimum absolute atomic E-state index is 0.147. The Morgan fingerprint density at radius 3 is 2.61 bits per heavy atom. The van der Waals surface area contributed by atoms with Crippen LogP contribution in [0.1, 0.15) is 43.2 Å². The van der Waals surface area contributed by atoms with Crippen LogP contribution < -0.4 is 10.6 Å². The van der Waals surface area contributed by atoms with E-state index in [0.717, 1.165) is 51.4 Å². The number of fused-ring (bicyclic) bond motifs is 1. The van der Waals surface area contributed by atoms with Crippen molar-refractivity contribution in [1.29, 1.82) is 0 Å². The van der Waals surface area contributed by atoms with Crippen LogP contribution >= 0.6 is 0 Å². The van der Waals surface area contributed by atoms with Gasteiger partial charge in [-0.1, -0.05) is 33.9 Å². The molecule has 0 spiro atoms. The van der Waals surface area contributed by atoms with E-state index in [2.05, 4.69) is 70.7 Å². The van der Waals surface area contributed by atoms with Crippen LogP contribution in [0, 0.1) is 12.3 Å². The molecule has 7 nitrogen and oxygen atoms in total. The van der Waals surface area contributed by atoms with Gasteiger partial charge >= 0.3 is 0 Å². The zero-order valence-electron chi connectivity index (χ0n) is 19.6. The minimum Gasteiger partial charge on any atom is -0.354 e. The second-order valence-electron chi connectivity index (χ2n) is 9.23. The summed E-state index contributed by atoms with van der Waals surface area (Å²) < 4.78 is 1.82. The molecule has 4 heterocycles. The second kappa shape index (κ2) is 8.86. The van der Waals surface area contributed by atoms with Crippen LogP contribution in [0.3, 0.4) is 0 Å². The fourth-order valence-corrected chi connectivity index (χ4v) is 3.43. The summed E-state index contributed by atoms with van der Waals surface area (Å²) in [5.41, 5.74) is 7.21. The average Bonchev–Trinajstić information content (AvgIpc) is 3.21. The van der Waals surface area contributed by atoms with Gasteiger partial charge < -0.3 is 10.6 Å². The van der Waals surface area contributed by atoms with Crippen molar-refractivity contribution in [2.45, 2.75) is 27.7 Å². The van der Waals surface area contributed by atoms with Crippen molar-refractivity contribution >= 4 is 28.4 Å². The zero-order valence-corrected chi connectivity index (χ0v) is 19.6. The fourth-order valence-electron chi connectivity index (χ4n) is 3.43. The lowest BCUT2D eigenvalue weighted by molar-refractivity contribution is 0.441. The zero-order chi connectivity index (χ0) is 23.6. The van der Waals surface area contributed by atoms with Gasteiger partial charge in [0.1, 0.15) is 0 Å². The van der Waals surface area contributed by atoms with Crippen molar-refractivity contribution in [2.75, 3.05) is 17.2 Å². The Morgan fingerprint density at radius 2 is 1.91 bits per heavy atom. The van der Waals surface area contributed by atoms with Gasteiger partial charge in [0.25, 0.3) is 0 Å². The molecule has 0 aromatic carbocycles. The number of anilines is 2. The second-order valence-corrected chi connectivity index (χ2v) is 9.23. The molecule has 0 radical (unpaired) electrons. The molecule has 0 aliphatic carbocycles. The lowest BCUT2D eigenvalue weighted by Crippen LogP contribution is -2.20. The molecule has 0 amide bonds. The van der Waals surface area contributed by atoms with Gasteiger partial charge in [0.05, 0.1) is 29.3 Å². The molecule has 7 heteroatoms. The largest absolute Gasteiger partial charge is 0.354 e. The molecule has 33 heavy (non-hydrogen) atoms. The van der Waals surface area contributed by atoms with E-state index in [1.165, 1.54) is 0 Å². The lowest BCUT2D eigenvalue weighted by Gasteiger charge is -2.19. The van der Waals surface area contributed by atoms with E-state index < -0.39 is 0 Å². The summed E-state index contributed by atoms with van der Waals surface area (Å²) in [6, 6.07) is 7.88. The molecule has 0 aliphatic rings. The predicted molar refractivity (Wildman–Crippen MR) is 135 cm³/mol. The minimum atomic E-state index is 0.147. The number of nitrogens with zero attached hydrogens (tertiary/aromatic N) is 5. The lowest BCUT2D eigenvalue weighted by atomic mass is 9.97. The molecular weight excluding hydrogens is 410 g/mol. The van der Waals surface area contributed by atoms with Crippen LogP contribution in [0.4, 0.5) is 11.6 Å². The first kappa shape index (κ1) is 22.2. The number of nitrogens with one attached hydrogen (secondary N) is 2. The average molecular weight is 440 g/mol. The maximum absolute atomic E-state index is 4.64. The summed E-state index contributed by atoms with van der Waals surface area (Å²) in [7, 11) is 0. The first-order chi connectivity index (χ1) is 15.7. The number of rotatable bonds is 7. The summed E-state index contributed by atoms with van der Waals surface area (Å²) in [6.45, 7) is 17.8. The third-order valence-corrected chi connectivity index (χ3v) is 5.23. The Hall–Kier alpha value is -4.00. The Bertz CT molecular complexity index is 1310. The normalized spacial score (nSPS) is 11.4. The highest BCUT2D eigenvalue weighted by Gasteiger charge is 2.14. The highest BCUT2D eigenvalue weighted by atomic mass is 15.2. The number of hydrogen-bond acceptors (Lipinski definition) is 6. The molecule has 0 fully saturated rings. The van der Waals surface area contributed by atoms with Gasteiger partial charge in [-0.05, 0) is 47.7 Å². The molecule has 0 unspecified atom stereocenters. The highest BCUT2D eigenvalue weighted by molar-refractivity contribution is 5.86. The maximum atomic E-state index is 4.64. The Kier molecular flexibility index (Phi) is 5.96. The fraction of sp³-hybridized carbons (Fsp3) is 0.231. The topological polar surface area (TPSA) is 80.0 Å². The molecule has 0 saturated heterocycles. The molecule has 0 saturated carbocycles. The third kappa shape index (κ3) is 5.09. The summed E-state index contributed by atoms with van der Waals surface area (Å²) in [5, 5.41) is 11.1. The number of aromatic nitrogens is 5. The number of hydrogen-bond donors (Lipinski definition) is 2. The summed E-state index contributed by atoms with van der Waals surface area (Å²) in [5.74, 6) is 0.630. The smallest absolute Gasteiger partial charge is 0.222 e. The third-order valence-electron chi connectivity index (χ3n) is 5.23. The predicted octanol–water partition coefficient (Wildman–Crippen LogP) is 5.43. The van der Waals surface area contributed by atoms with Gasteiger partial charge in [-0.25, -0.2) is 14.5 Å². The van der Waals surface area contributed by atoms with E-state index in [4.69, 9.17) is 0 Å². The van der Waals surface area contributed by atoms with Crippen LogP contribution in [0.5, 0.6) is 0 Å². The molecule has 0 atom stereocenters. The Morgan fingerprint density at radius 1 is 1.09 bits per heavy atom. The molecule has 4 aromatic rings. The molecule has 0 bridgehead atoms. The van der Waals surface area contributed by atoms with Gasteiger partial charge in [0.15, 0.2) is 0 Å². The van der Waals surface area contributed by atoms with Crippen molar-refractivity contribution in [1.82, 2.24) is 24.6 Å². The van der Waals surface area contributed by atoms with Crippen molar-refractivity contribution in [3.05, 3.63) is 90.8 Å². The van der Waals surface area contributed by atoms with Crippen LogP contribution in [0.2, 0.25) is 0 Å². The standard InChI is InChI=1S/C26H29N7/c1-17(22-14-28-25(32-18(22)2)29-16-26(4,5)6)20-9-11-33-24(12-20)23(15-30-33)19(3)31-21-8-7-10-27-13-21/h7-15,31H,1,3,16H2,2,4-6H3,(H,28,29,32). The summed E-state index contributed by atoms with van der Waals surface area (Å²) in [4.78, 5) is 13.3. The highest BCUT2D eigenvalue weighted by Crippen LogP contribution is 2.28. The first-order valence-electron chi connectivity index (χ1n) is 10.8. The monoisotopic (exact) mass is 439 g/mol. The van der Waals surface area contributed by atoms with Crippen LogP contribution in [0.25, 0.3) is 16.8 Å². The Balaban J connectivity index is 1.59.